The van der Waals surface area contributed by atoms with Gasteiger partial charge in [-0.15, -0.1) is 0 Å². The summed E-state index contributed by atoms with van der Waals surface area (Å²) in [6, 6.07) is 6.71. The maximum atomic E-state index is 12.1. The van der Waals surface area contributed by atoms with Crippen LogP contribution in [0.25, 0.3) is 0 Å². The first-order valence-electron chi connectivity index (χ1n) is 6.19. The number of hydrogen-bond donors (Lipinski definition) is 1. The third kappa shape index (κ3) is 4.75. The van der Waals surface area contributed by atoms with Gasteiger partial charge in [0.1, 0.15) is 13.2 Å². The second kappa shape index (κ2) is 7.97. The highest BCUT2D eigenvalue weighted by Crippen LogP contribution is 2.07. The van der Waals surface area contributed by atoms with Crippen LogP contribution in [0.5, 0.6) is 0 Å². The van der Waals surface area contributed by atoms with E-state index < -0.39 is 5.97 Å². The number of nitrogens with zero attached hydrogens (tertiary/aromatic N) is 1. The zero-order chi connectivity index (χ0) is 15.0. The van der Waals surface area contributed by atoms with Crippen molar-refractivity contribution in [2.24, 2.45) is 0 Å². The molecule has 0 saturated carbocycles. The number of benzene rings is 1. The van der Waals surface area contributed by atoms with Crippen LogP contribution in [0.1, 0.15) is 22.8 Å². The zero-order valence-corrected chi connectivity index (χ0v) is 11.5. The van der Waals surface area contributed by atoms with Crippen LogP contribution in [0, 0.1) is 11.8 Å². The summed E-state index contributed by atoms with van der Waals surface area (Å²) in [5, 5.41) is 8.64. The molecule has 20 heavy (non-hydrogen) atoms. The van der Waals surface area contributed by atoms with Crippen molar-refractivity contribution >= 4 is 11.9 Å². The summed E-state index contributed by atoms with van der Waals surface area (Å²) in [4.78, 5) is 24.8. The van der Waals surface area contributed by atoms with Gasteiger partial charge in [0, 0.05) is 18.2 Å². The zero-order valence-electron chi connectivity index (χ0n) is 11.5. The minimum Gasteiger partial charge on any atom is -0.465 e. The van der Waals surface area contributed by atoms with Crippen LogP contribution in [0.15, 0.2) is 24.3 Å². The van der Waals surface area contributed by atoms with E-state index in [9.17, 15) is 9.59 Å². The third-order valence-corrected chi connectivity index (χ3v) is 2.44. The van der Waals surface area contributed by atoms with E-state index in [1.54, 1.807) is 31.2 Å². The lowest BCUT2D eigenvalue weighted by molar-refractivity contribution is -0.143. The molecule has 1 amide bonds. The summed E-state index contributed by atoms with van der Waals surface area (Å²) in [6.45, 7) is 1.66. The second-order valence-electron chi connectivity index (χ2n) is 4.01. The Morgan fingerprint density at radius 1 is 1.40 bits per heavy atom. The first kappa shape index (κ1) is 15.7. The van der Waals surface area contributed by atoms with E-state index in [0.29, 0.717) is 11.1 Å². The Morgan fingerprint density at radius 3 is 2.80 bits per heavy atom. The molecule has 0 bridgehead atoms. The first-order valence-corrected chi connectivity index (χ1v) is 6.19. The third-order valence-electron chi connectivity index (χ3n) is 2.44. The van der Waals surface area contributed by atoms with Crippen molar-refractivity contribution in [1.29, 1.82) is 0 Å². The van der Waals surface area contributed by atoms with E-state index in [0.717, 1.165) is 0 Å². The molecule has 1 aromatic rings. The Kier molecular flexibility index (Phi) is 6.27. The number of carbonyl (C=O) groups is 2. The van der Waals surface area contributed by atoms with Crippen LogP contribution < -0.4 is 0 Å². The molecule has 5 nitrogen and oxygen atoms in total. The fraction of sp³-hybridized carbons (Fsp3) is 0.333. The van der Waals surface area contributed by atoms with Crippen LogP contribution in [-0.4, -0.2) is 48.7 Å². The van der Waals surface area contributed by atoms with Gasteiger partial charge in [0.25, 0.3) is 5.91 Å². The number of rotatable bonds is 4. The van der Waals surface area contributed by atoms with Gasteiger partial charge < -0.3 is 14.7 Å². The van der Waals surface area contributed by atoms with E-state index in [1.165, 1.54) is 11.9 Å². The maximum absolute atomic E-state index is 12.1. The van der Waals surface area contributed by atoms with E-state index in [1.807, 2.05) is 0 Å². The maximum Gasteiger partial charge on any atom is 0.325 e. The average molecular weight is 275 g/mol. The van der Waals surface area contributed by atoms with E-state index in [4.69, 9.17) is 9.84 Å². The number of likely N-dealkylation sites (N-methyl/N-ethyl adjacent to an activating group) is 1. The van der Waals surface area contributed by atoms with Gasteiger partial charge in [-0.3, -0.25) is 9.59 Å². The van der Waals surface area contributed by atoms with Gasteiger partial charge in [0.2, 0.25) is 0 Å². The van der Waals surface area contributed by atoms with Crippen molar-refractivity contribution < 1.29 is 19.4 Å². The summed E-state index contributed by atoms with van der Waals surface area (Å²) in [7, 11) is 1.53. The Labute approximate surface area is 118 Å². The smallest absolute Gasteiger partial charge is 0.325 e. The minimum absolute atomic E-state index is 0.0980. The molecule has 1 rings (SSSR count). The predicted molar refractivity (Wildman–Crippen MR) is 74.0 cm³/mol. The molecule has 1 aromatic carbocycles. The van der Waals surface area contributed by atoms with Crippen LogP contribution in [0.2, 0.25) is 0 Å². The van der Waals surface area contributed by atoms with Gasteiger partial charge in [-0.2, -0.15) is 0 Å². The summed E-state index contributed by atoms with van der Waals surface area (Å²) in [5.41, 5.74) is 1.07. The number of hydrogen-bond acceptors (Lipinski definition) is 4. The number of esters is 1. The van der Waals surface area contributed by atoms with Crippen molar-refractivity contribution in [3.63, 3.8) is 0 Å². The first-order chi connectivity index (χ1) is 9.58. The molecule has 0 aromatic heterocycles. The summed E-state index contributed by atoms with van der Waals surface area (Å²) in [6.07, 6.45) is 0. The van der Waals surface area contributed by atoms with Gasteiger partial charge in [0.15, 0.2) is 0 Å². The standard InChI is InChI=1S/C15H17NO4/c1-3-20-14(18)11-16(2)15(19)13-8-4-6-12(10-13)7-5-9-17/h4,6,8,10,17H,3,9,11H2,1-2H3. The van der Waals surface area contributed by atoms with Crippen molar-refractivity contribution in [3.8, 4) is 11.8 Å². The lowest BCUT2D eigenvalue weighted by atomic mass is 10.1. The second-order valence-corrected chi connectivity index (χ2v) is 4.01. The quantitative estimate of drug-likeness (QED) is 0.647. The van der Waals surface area contributed by atoms with Crippen molar-refractivity contribution in [1.82, 2.24) is 4.90 Å². The molecule has 0 aliphatic rings. The van der Waals surface area contributed by atoms with Gasteiger partial charge >= 0.3 is 5.97 Å². The minimum atomic E-state index is -0.445. The van der Waals surface area contributed by atoms with Gasteiger partial charge in [-0.05, 0) is 25.1 Å². The van der Waals surface area contributed by atoms with E-state index in [-0.39, 0.29) is 25.7 Å². The lowest BCUT2D eigenvalue weighted by Gasteiger charge is -2.16. The Bertz CT molecular complexity index is 542. The number of aliphatic hydroxyl groups excluding tert-OH is 1. The van der Waals surface area contributed by atoms with Crippen LogP contribution in [0.3, 0.4) is 0 Å². The normalized spacial score (nSPS) is 9.35. The molecule has 0 aliphatic carbocycles. The topological polar surface area (TPSA) is 66.8 Å². The highest BCUT2D eigenvalue weighted by Gasteiger charge is 2.15. The molecule has 1 N–H and O–H groups in total. The van der Waals surface area contributed by atoms with E-state index >= 15 is 0 Å². The average Bonchev–Trinajstić information content (AvgIpc) is 2.44. The monoisotopic (exact) mass is 275 g/mol. The van der Waals surface area contributed by atoms with Crippen LogP contribution >= 0.6 is 0 Å². The summed E-state index contributed by atoms with van der Waals surface area (Å²) >= 11 is 0. The summed E-state index contributed by atoms with van der Waals surface area (Å²) in [5.74, 6) is 4.51. The van der Waals surface area contributed by atoms with Gasteiger partial charge in [-0.1, -0.05) is 17.9 Å². The van der Waals surface area contributed by atoms with Crippen molar-refractivity contribution in [2.75, 3.05) is 26.8 Å². The highest BCUT2D eigenvalue weighted by atomic mass is 16.5. The Hall–Kier alpha value is -2.32. The van der Waals surface area contributed by atoms with Crippen LogP contribution in [0.4, 0.5) is 0 Å². The molecule has 0 radical (unpaired) electrons. The van der Waals surface area contributed by atoms with Gasteiger partial charge in [-0.25, -0.2) is 0 Å². The predicted octanol–water partition coefficient (Wildman–Crippen LogP) is 0.665. The Morgan fingerprint density at radius 2 is 2.15 bits per heavy atom. The number of amides is 1. The number of aliphatic hydroxyl groups is 1. The Balaban J connectivity index is 2.78. The molecule has 5 heteroatoms. The SMILES string of the molecule is CCOC(=O)CN(C)C(=O)c1cccc(C#CCO)c1. The molecular weight excluding hydrogens is 258 g/mol. The lowest BCUT2D eigenvalue weighted by Crippen LogP contribution is -2.33. The van der Waals surface area contributed by atoms with E-state index in [2.05, 4.69) is 11.8 Å². The van der Waals surface area contributed by atoms with Crippen LogP contribution in [-0.2, 0) is 9.53 Å². The van der Waals surface area contributed by atoms with Crippen molar-refractivity contribution in [3.05, 3.63) is 35.4 Å². The fourth-order valence-electron chi connectivity index (χ4n) is 1.56. The fourth-order valence-corrected chi connectivity index (χ4v) is 1.56. The molecule has 0 aliphatic heterocycles. The molecule has 0 unspecified atom stereocenters. The largest absolute Gasteiger partial charge is 0.465 e. The molecule has 106 valence electrons. The molecule has 0 spiro atoms. The summed E-state index contributed by atoms with van der Waals surface area (Å²) < 4.78 is 4.79. The number of ether oxygens (including phenoxy) is 1. The molecule has 0 heterocycles. The molecule has 0 atom stereocenters. The molecule has 0 fully saturated rings. The molecule has 0 saturated heterocycles. The van der Waals surface area contributed by atoms with Crippen molar-refractivity contribution in [2.45, 2.75) is 6.92 Å². The van der Waals surface area contributed by atoms with Gasteiger partial charge in [0.05, 0.1) is 6.61 Å². The molecular formula is C15H17NO4. The number of carbonyl (C=O) groups excluding carboxylic acids is 2. The highest BCUT2D eigenvalue weighted by molar-refractivity contribution is 5.96.